The van der Waals surface area contributed by atoms with Crippen molar-refractivity contribution < 1.29 is 4.79 Å². The van der Waals surface area contributed by atoms with E-state index in [-0.39, 0.29) is 5.78 Å². The molecule has 0 aromatic carbocycles. The molecular weight excluding hydrogens is 164 g/mol. The van der Waals surface area contributed by atoms with Crippen molar-refractivity contribution in [2.75, 3.05) is 0 Å². The van der Waals surface area contributed by atoms with E-state index in [4.69, 9.17) is 5.26 Å². The minimum Gasteiger partial charge on any atom is -0.294 e. The lowest BCUT2D eigenvalue weighted by molar-refractivity contribution is 0.0971. The van der Waals surface area contributed by atoms with Crippen LogP contribution < -0.4 is 0 Å². The molecule has 0 aliphatic heterocycles. The summed E-state index contributed by atoms with van der Waals surface area (Å²) in [6.07, 6.45) is 3.85. The molecule has 0 radical (unpaired) electrons. The van der Waals surface area contributed by atoms with Crippen molar-refractivity contribution in [1.29, 1.82) is 5.26 Å². The van der Waals surface area contributed by atoms with Gasteiger partial charge in [-0.2, -0.15) is 5.26 Å². The van der Waals surface area contributed by atoms with Gasteiger partial charge in [0, 0.05) is 18.2 Å². The number of aryl methyl sites for hydroxylation is 1. The van der Waals surface area contributed by atoms with Crippen LogP contribution in [0.5, 0.6) is 0 Å². The first kappa shape index (κ1) is 7.93. The van der Waals surface area contributed by atoms with E-state index in [0.717, 1.165) is 18.5 Å². The van der Waals surface area contributed by atoms with Crippen molar-refractivity contribution in [3.8, 4) is 6.07 Å². The van der Waals surface area contributed by atoms with Crippen LogP contribution in [-0.2, 0) is 6.42 Å². The van der Waals surface area contributed by atoms with Crippen LogP contribution in [0.3, 0.4) is 0 Å². The molecule has 0 unspecified atom stereocenters. The van der Waals surface area contributed by atoms with Gasteiger partial charge in [0.25, 0.3) is 0 Å². The number of pyridine rings is 1. The summed E-state index contributed by atoms with van der Waals surface area (Å²) >= 11 is 0. The quantitative estimate of drug-likeness (QED) is 0.595. The van der Waals surface area contributed by atoms with Crippen molar-refractivity contribution in [2.45, 2.75) is 19.3 Å². The van der Waals surface area contributed by atoms with E-state index in [0.29, 0.717) is 17.5 Å². The molecule has 0 spiro atoms. The van der Waals surface area contributed by atoms with Gasteiger partial charge in [-0.3, -0.25) is 9.78 Å². The van der Waals surface area contributed by atoms with Gasteiger partial charge in [0.2, 0.25) is 0 Å². The average molecular weight is 172 g/mol. The Hall–Kier alpha value is -1.69. The molecule has 1 heterocycles. The lowest BCUT2D eigenvalue weighted by Gasteiger charge is -2.12. The Balaban J connectivity index is 2.55. The molecule has 1 aliphatic carbocycles. The summed E-state index contributed by atoms with van der Waals surface area (Å²) < 4.78 is 0. The largest absolute Gasteiger partial charge is 0.294 e. The van der Waals surface area contributed by atoms with E-state index in [9.17, 15) is 4.79 Å². The number of carbonyl (C=O) groups excluding carboxylic acids is 1. The molecule has 0 amide bonds. The van der Waals surface area contributed by atoms with Gasteiger partial charge in [-0.1, -0.05) is 0 Å². The first-order chi connectivity index (χ1) is 6.31. The van der Waals surface area contributed by atoms with E-state index in [1.54, 1.807) is 6.07 Å². The molecule has 2 rings (SSSR count). The van der Waals surface area contributed by atoms with Crippen LogP contribution in [0.25, 0.3) is 0 Å². The Morgan fingerprint density at radius 3 is 3.08 bits per heavy atom. The number of hydrogen-bond acceptors (Lipinski definition) is 3. The number of aromatic nitrogens is 1. The molecule has 64 valence electrons. The molecule has 1 aromatic heterocycles. The summed E-state index contributed by atoms with van der Waals surface area (Å²) in [4.78, 5) is 15.5. The average Bonchev–Trinajstić information content (AvgIpc) is 2.18. The van der Waals surface area contributed by atoms with E-state index in [2.05, 4.69) is 4.98 Å². The zero-order valence-electron chi connectivity index (χ0n) is 7.08. The summed E-state index contributed by atoms with van der Waals surface area (Å²) in [5.41, 5.74) is 1.95. The highest BCUT2D eigenvalue weighted by molar-refractivity contribution is 5.98. The zero-order chi connectivity index (χ0) is 9.26. The fourth-order valence-electron chi connectivity index (χ4n) is 1.55. The van der Waals surface area contributed by atoms with Gasteiger partial charge in [0.05, 0.1) is 11.3 Å². The topological polar surface area (TPSA) is 53.8 Å². The molecule has 1 aliphatic rings. The summed E-state index contributed by atoms with van der Waals surface area (Å²) in [6.45, 7) is 0. The van der Waals surface area contributed by atoms with Crippen molar-refractivity contribution in [3.63, 3.8) is 0 Å². The second-order valence-electron chi connectivity index (χ2n) is 3.11. The van der Waals surface area contributed by atoms with Crippen LogP contribution in [0, 0.1) is 11.3 Å². The van der Waals surface area contributed by atoms with E-state index >= 15 is 0 Å². The monoisotopic (exact) mass is 172 g/mol. The Kier molecular flexibility index (Phi) is 1.82. The Morgan fingerprint density at radius 1 is 1.46 bits per heavy atom. The number of carbonyl (C=O) groups is 1. The second-order valence-corrected chi connectivity index (χ2v) is 3.11. The molecule has 0 N–H and O–H groups in total. The maximum Gasteiger partial charge on any atom is 0.164 e. The molecule has 1 aromatic rings. The molecule has 3 heteroatoms. The third-order valence-corrected chi connectivity index (χ3v) is 2.22. The smallest absolute Gasteiger partial charge is 0.164 e. The van der Waals surface area contributed by atoms with Crippen molar-refractivity contribution >= 4 is 5.78 Å². The molecule has 0 saturated heterocycles. The third-order valence-electron chi connectivity index (χ3n) is 2.22. The van der Waals surface area contributed by atoms with Crippen molar-refractivity contribution in [2.24, 2.45) is 0 Å². The Morgan fingerprint density at radius 2 is 2.31 bits per heavy atom. The van der Waals surface area contributed by atoms with Gasteiger partial charge >= 0.3 is 0 Å². The van der Waals surface area contributed by atoms with Crippen molar-refractivity contribution in [1.82, 2.24) is 4.98 Å². The number of Topliss-reactive ketones (excluding diaryl/α,β-unsaturated/α-hetero) is 1. The van der Waals surface area contributed by atoms with Gasteiger partial charge < -0.3 is 0 Å². The maximum atomic E-state index is 11.4. The van der Waals surface area contributed by atoms with Gasteiger partial charge in [0.15, 0.2) is 5.78 Å². The summed E-state index contributed by atoms with van der Waals surface area (Å²) in [7, 11) is 0. The van der Waals surface area contributed by atoms with Gasteiger partial charge in [-0.15, -0.1) is 0 Å². The normalized spacial score (nSPS) is 14.8. The first-order valence-corrected chi connectivity index (χ1v) is 4.23. The fourth-order valence-corrected chi connectivity index (χ4v) is 1.55. The molecule has 0 atom stereocenters. The Bertz CT molecular complexity index is 404. The predicted molar refractivity (Wildman–Crippen MR) is 46.2 cm³/mol. The van der Waals surface area contributed by atoms with Crippen LogP contribution in [0.4, 0.5) is 0 Å². The van der Waals surface area contributed by atoms with Crippen LogP contribution in [-0.4, -0.2) is 10.8 Å². The number of rotatable bonds is 0. The summed E-state index contributed by atoms with van der Waals surface area (Å²) in [6, 6.07) is 3.63. The van der Waals surface area contributed by atoms with Gasteiger partial charge in [-0.25, -0.2) is 0 Å². The minimum absolute atomic E-state index is 0.117. The first-order valence-electron chi connectivity index (χ1n) is 4.23. The SMILES string of the molecule is N#Cc1cnc2c(c1)C(=O)CCC2. The van der Waals surface area contributed by atoms with E-state index < -0.39 is 0 Å². The standard InChI is InChI=1S/C10H8N2O/c11-5-7-4-8-9(12-6-7)2-1-3-10(8)13/h4,6H,1-3H2. The molecule has 0 bridgehead atoms. The van der Waals surface area contributed by atoms with Crippen LogP contribution in [0.1, 0.15) is 34.5 Å². The molecule has 0 fully saturated rings. The number of hydrogen-bond donors (Lipinski definition) is 0. The highest BCUT2D eigenvalue weighted by atomic mass is 16.1. The van der Waals surface area contributed by atoms with Gasteiger partial charge in [0.1, 0.15) is 6.07 Å². The molecule has 3 nitrogen and oxygen atoms in total. The van der Waals surface area contributed by atoms with E-state index in [1.165, 1.54) is 6.20 Å². The predicted octanol–water partition coefficient (Wildman–Crippen LogP) is 1.47. The minimum atomic E-state index is 0.117. The van der Waals surface area contributed by atoms with Crippen LogP contribution in [0.15, 0.2) is 12.3 Å². The number of nitrogens with zero attached hydrogens (tertiary/aromatic N) is 2. The van der Waals surface area contributed by atoms with E-state index in [1.807, 2.05) is 6.07 Å². The lowest BCUT2D eigenvalue weighted by atomic mass is 9.94. The van der Waals surface area contributed by atoms with Crippen LogP contribution in [0.2, 0.25) is 0 Å². The highest BCUT2D eigenvalue weighted by Crippen LogP contribution is 2.19. The number of ketones is 1. The zero-order valence-corrected chi connectivity index (χ0v) is 7.08. The van der Waals surface area contributed by atoms with Gasteiger partial charge in [-0.05, 0) is 18.9 Å². The maximum absolute atomic E-state index is 11.4. The summed E-state index contributed by atoms with van der Waals surface area (Å²) in [5, 5.41) is 8.62. The highest BCUT2D eigenvalue weighted by Gasteiger charge is 2.18. The second kappa shape index (κ2) is 2.98. The fraction of sp³-hybridized carbons (Fsp3) is 0.300. The van der Waals surface area contributed by atoms with Crippen molar-refractivity contribution in [3.05, 3.63) is 29.1 Å². The molecule has 13 heavy (non-hydrogen) atoms. The summed E-state index contributed by atoms with van der Waals surface area (Å²) in [5.74, 6) is 0.117. The van der Waals surface area contributed by atoms with Crippen LogP contribution >= 0.6 is 0 Å². The number of fused-ring (bicyclic) bond motifs is 1. The molecular formula is C10H8N2O. The lowest BCUT2D eigenvalue weighted by Crippen LogP contribution is -2.12. The third kappa shape index (κ3) is 1.31. The Labute approximate surface area is 76.0 Å². The molecule has 0 saturated carbocycles. The number of nitriles is 1.